The molecule has 22 heavy (non-hydrogen) atoms. The number of anilines is 1. The Morgan fingerprint density at radius 1 is 1.05 bits per heavy atom. The first-order chi connectivity index (χ1) is 10.4. The van der Waals surface area contributed by atoms with Crippen molar-refractivity contribution >= 4 is 58.0 Å². The van der Waals surface area contributed by atoms with Crippen molar-refractivity contribution in [2.45, 2.75) is 6.92 Å². The molecule has 0 aromatic heterocycles. The lowest BCUT2D eigenvalue weighted by molar-refractivity contribution is -0.118. The lowest BCUT2D eigenvalue weighted by Crippen LogP contribution is -2.20. The number of carbonyl (C=O) groups is 1. The number of nitrogens with one attached hydrogen (secondary N) is 1. The Morgan fingerprint density at radius 3 is 2.41 bits per heavy atom. The van der Waals surface area contributed by atoms with E-state index in [9.17, 15) is 4.79 Å². The molecule has 3 nitrogen and oxygen atoms in total. The van der Waals surface area contributed by atoms with Crippen LogP contribution in [0.4, 0.5) is 5.69 Å². The highest BCUT2D eigenvalue weighted by Gasteiger charge is 2.10. The van der Waals surface area contributed by atoms with Gasteiger partial charge in [0, 0.05) is 16.8 Å². The molecule has 0 unspecified atom stereocenters. The lowest BCUT2D eigenvalue weighted by Gasteiger charge is -2.11. The fourth-order valence-electron chi connectivity index (χ4n) is 1.71. The molecule has 0 saturated carbocycles. The summed E-state index contributed by atoms with van der Waals surface area (Å²) >= 11 is 23.5. The van der Waals surface area contributed by atoms with Gasteiger partial charge < -0.3 is 10.1 Å². The second kappa shape index (κ2) is 7.42. The highest BCUT2D eigenvalue weighted by atomic mass is 35.5. The van der Waals surface area contributed by atoms with E-state index in [0.717, 1.165) is 5.56 Å². The normalized spacial score (nSPS) is 10.4. The van der Waals surface area contributed by atoms with Crippen molar-refractivity contribution in [1.82, 2.24) is 0 Å². The molecule has 2 rings (SSSR count). The molecule has 0 aliphatic heterocycles. The molecule has 0 spiro atoms. The lowest BCUT2D eigenvalue weighted by atomic mass is 10.2. The van der Waals surface area contributed by atoms with Gasteiger partial charge in [0.15, 0.2) is 6.61 Å². The zero-order valence-electron chi connectivity index (χ0n) is 11.4. The minimum absolute atomic E-state index is 0.209. The first kappa shape index (κ1) is 17.2. The van der Waals surface area contributed by atoms with Gasteiger partial charge in [0.1, 0.15) is 5.75 Å². The van der Waals surface area contributed by atoms with Crippen molar-refractivity contribution in [2.75, 3.05) is 11.9 Å². The first-order valence-corrected chi connectivity index (χ1v) is 7.71. The highest BCUT2D eigenvalue weighted by Crippen LogP contribution is 2.33. The largest absolute Gasteiger partial charge is 0.482 e. The second-order valence-corrected chi connectivity index (χ2v) is 6.15. The van der Waals surface area contributed by atoms with Crippen molar-refractivity contribution in [3.63, 3.8) is 0 Å². The predicted molar refractivity (Wildman–Crippen MR) is 91.8 cm³/mol. The molecule has 0 atom stereocenters. The fraction of sp³-hybridized carbons (Fsp3) is 0.133. The van der Waals surface area contributed by atoms with Gasteiger partial charge in [0.2, 0.25) is 0 Å². The summed E-state index contributed by atoms with van der Waals surface area (Å²) < 4.78 is 5.36. The van der Waals surface area contributed by atoms with E-state index < -0.39 is 0 Å². The summed E-state index contributed by atoms with van der Waals surface area (Å²) in [5, 5.41) is 4.24. The maximum atomic E-state index is 11.9. The molecule has 2 aromatic rings. The Balaban J connectivity index is 2.00. The van der Waals surface area contributed by atoms with Crippen LogP contribution in [0.25, 0.3) is 0 Å². The van der Waals surface area contributed by atoms with Crippen LogP contribution >= 0.6 is 46.4 Å². The third-order valence-corrected chi connectivity index (χ3v) is 4.05. The third-order valence-electron chi connectivity index (χ3n) is 2.80. The smallest absolute Gasteiger partial charge is 0.262 e. The van der Waals surface area contributed by atoms with Crippen LogP contribution in [0.1, 0.15) is 5.56 Å². The molecule has 0 radical (unpaired) electrons. The van der Waals surface area contributed by atoms with Gasteiger partial charge in [0.25, 0.3) is 5.91 Å². The second-order valence-electron chi connectivity index (χ2n) is 4.49. The molecule has 7 heteroatoms. The van der Waals surface area contributed by atoms with E-state index in [-0.39, 0.29) is 17.5 Å². The van der Waals surface area contributed by atoms with Gasteiger partial charge in [-0.05, 0) is 36.8 Å². The molecule has 0 bridgehead atoms. The molecular weight excluding hydrogens is 368 g/mol. The van der Waals surface area contributed by atoms with Crippen LogP contribution in [0.15, 0.2) is 30.3 Å². The van der Waals surface area contributed by atoms with Crippen molar-refractivity contribution in [2.24, 2.45) is 0 Å². The number of hydrogen-bond donors (Lipinski definition) is 1. The van der Waals surface area contributed by atoms with E-state index in [1.807, 2.05) is 6.92 Å². The predicted octanol–water partition coefficient (Wildman–Crippen LogP) is 5.63. The summed E-state index contributed by atoms with van der Waals surface area (Å²) in [5.74, 6) is -0.0355. The van der Waals surface area contributed by atoms with Gasteiger partial charge in [0.05, 0.1) is 15.1 Å². The average Bonchev–Trinajstić information content (AvgIpc) is 2.44. The fourth-order valence-corrected chi connectivity index (χ4v) is 2.53. The quantitative estimate of drug-likeness (QED) is 0.700. The average molecular weight is 379 g/mol. The van der Waals surface area contributed by atoms with Gasteiger partial charge in [-0.2, -0.15) is 0 Å². The zero-order chi connectivity index (χ0) is 16.3. The number of benzene rings is 2. The van der Waals surface area contributed by atoms with Crippen molar-refractivity contribution in [3.8, 4) is 5.75 Å². The van der Waals surface area contributed by atoms with Crippen LogP contribution in [-0.2, 0) is 4.79 Å². The maximum Gasteiger partial charge on any atom is 0.262 e. The molecular formula is C15H11Cl4NO2. The summed E-state index contributed by atoms with van der Waals surface area (Å²) in [6.07, 6.45) is 0. The van der Waals surface area contributed by atoms with Gasteiger partial charge in [-0.15, -0.1) is 0 Å². The molecule has 116 valence electrons. The molecule has 0 aliphatic rings. The number of amides is 1. The van der Waals surface area contributed by atoms with Crippen LogP contribution in [0.5, 0.6) is 5.75 Å². The Labute approximate surface area is 148 Å². The van der Waals surface area contributed by atoms with E-state index in [1.165, 1.54) is 12.1 Å². The number of aryl methyl sites for hydroxylation is 1. The highest BCUT2D eigenvalue weighted by molar-refractivity contribution is 6.43. The van der Waals surface area contributed by atoms with Crippen LogP contribution in [0.3, 0.4) is 0 Å². The molecule has 0 aliphatic carbocycles. The molecule has 1 amide bonds. The van der Waals surface area contributed by atoms with Crippen molar-refractivity contribution < 1.29 is 9.53 Å². The van der Waals surface area contributed by atoms with Crippen LogP contribution in [0, 0.1) is 6.92 Å². The minimum Gasteiger partial charge on any atom is -0.482 e. The first-order valence-electron chi connectivity index (χ1n) is 6.20. The van der Waals surface area contributed by atoms with Crippen molar-refractivity contribution in [1.29, 1.82) is 0 Å². The van der Waals surface area contributed by atoms with E-state index in [0.29, 0.717) is 26.5 Å². The number of rotatable bonds is 4. The van der Waals surface area contributed by atoms with E-state index in [2.05, 4.69) is 5.32 Å². The number of hydrogen-bond acceptors (Lipinski definition) is 2. The van der Waals surface area contributed by atoms with Gasteiger partial charge in [-0.25, -0.2) is 0 Å². The standard InChI is InChI=1S/C15H11Cl4NO2/c1-8-4-9(16)2-3-13(8)20-15(21)7-22-14-6-11(18)10(17)5-12(14)19/h2-6H,7H2,1H3,(H,20,21). The Hall–Kier alpha value is -1.13. The maximum absolute atomic E-state index is 11.9. The molecule has 0 saturated heterocycles. The summed E-state index contributed by atoms with van der Waals surface area (Å²) in [6.45, 7) is 1.64. The topological polar surface area (TPSA) is 38.3 Å². The zero-order valence-corrected chi connectivity index (χ0v) is 14.4. The summed E-state index contributed by atoms with van der Waals surface area (Å²) in [5.41, 5.74) is 1.52. The Bertz CT molecular complexity index is 719. The Morgan fingerprint density at radius 2 is 1.73 bits per heavy atom. The number of carbonyl (C=O) groups excluding carboxylic acids is 1. The number of ether oxygens (including phenoxy) is 1. The number of halogens is 4. The van der Waals surface area contributed by atoms with Crippen molar-refractivity contribution in [3.05, 3.63) is 56.0 Å². The van der Waals surface area contributed by atoms with Gasteiger partial charge in [-0.3, -0.25) is 4.79 Å². The van der Waals surface area contributed by atoms with E-state index >= 15 is 0 Å². The molecule has 0 fully saturated rings. The van der Waals surface area contributed by atoms with Gasteiger partial charge >= 0.3 is 0 Å². The summed E-state index contributed by atoms with van der Waals surface area (Å²) in [7, 11) is 0. The summed E-state index contributed by atoms with van der Waals surface area (Å²) in [6, 6.07) is 8.10. The molecule has 0 heterocycles. The van der Waals surface area contributed by atoms with Crippen LogP contribution in [0.2, 0.25) is 20.1 Å². The van der Waals surface area contributed by atoms with E-state index in [4.69, 9.17) is 51.1 Å². The SMILES string of the molecule is Cc1cc(Cl)ccc1NC(=O)COc1cc(Cl)c(Cl)cc1Cl. The summed E-state index contributed by atoms with van der Waals surface area (Å²) in [4.78, 5) is 11.9. The molecule has 2 aromatic carbocycles. The monoisotopic (exact) mass is 377 g/mol. The van der Waals surface area contributed by atoms with Gasteiger partial charge in [-0.1, -0.05) is 46.4 Å². The van der Waals surface area contributed by atoms with Crippen LogP contribution < -0.4 is 10.1 Å². The minimum atomic E-state index is -0.326. The van der Waals surface area contributed by atoms with Crippen LogP contribution in [-0.4, -0.2) is 12.5 Å². The third kappa shape index (κ3) is 4.43. The Kier molecular flexibility index (Phi) is 5.81. The van der Waals surface area contributed by atoms with E-state index in [1.54, 1.807) is 18.2 Å². The molecule has 1 N–H and O–H groups in total.